The number of carbonyl (C=O) groups is 1. The number of halogens is 1. The van der Waals surface area contributed by atoms with Crippen molar-refractivity contribution in [2.45, 2.75) is 33.1 Å². The number of nitrogens with one attached hydrogen (secondary N) is 2. The molecule has 2 N–H and O–H groups in total. The van der Waals surface area contributed by atoms with E-state index in [0.717, 1.165) is 11.3 Å². The van der Waals surface area contributed by atoms with Crippen LogP contribution in [-0.4, -0.2) is 6.03 Å². The number of benzene rings is 2. The normalized spacial score (nSPS) is 11.1. The van der Waals surface area contributed by atoms with Gasteiger partial charge >= 0.3 is 6.03 Å². The van der Waals surface area contributed by atoms with Gasteiger partial charge < -0.3 is 10.6 Å². The lowest BCUT2D eigenvalue weighted by atomic mass is 9.87. The van der Waals surface area contributed by atoms with Crippen LogP contribution in [0.4, 0.5) is 16.2 Å². The zero-order valence-corrected chi connectivity index (χ0v) is 14.1. The fraction of sp³-hybridized carbons (Fsp3) is 0.278. The highest BCUT2D eigenvalue weighted by molar-refractivity contribution is 6.31. The van der Waals surface area contributed by atoms with Gasteiger partial charge in [0.15, 0.2) is 0 Å². The van der Waals surface area contributed by atoms with Crippen LogP contribution in [0.5, 0.6) is 0 Å². The number of carbonyl (C=O) groups excluding carboxylic acids is 1. The maximum Gasteiger partial charge on any atom is 0.323 e. The van der Waals surface area contributed by atoms with Gasteiger partial charge in [0.05, 0.1) is 0 Å². The molecule has 0 saturated carbocycles. The van der Waals surface area contributed by atoms with Crippen LogP contribution in [-0.2, 0) is 5.41 Å². The molecule has 0 aliphatic carbocycles. The fourth-order valence-electron chi connectivity index (χ4n) is 2.07. The second kappa shape index (κ2) is 6.41. The molecule has 0 saturated heterocycles. The number of aryl methyl sites for hydroxylation is 1. The number of rotatable bonds is 2. The summed E-state index contributed by atoms with van der Waals surface area (Å²) in [6, 6.07) is 13.0. The number of hydrogen-bond acceptors (Lipinski definition) is 1. The zero-order chi connectivity index (χ0) is 16.3. The fourth-order valence-corrected chi connectivity index (χ4v) is 2.19. The van der Waals surface area contributed by atoms with E-state index >= 15 is 0 Å². The second-order valence-corrected chi connectivity index (χ2v) is 6.78. The van der Waals surface area contributed by atoms with Gasteiger partial charge in [0, 0.05) is 16.4 Å². The average Bonchev–Trinajstić information content (AvgIpc) is 2.42. The summed E-state index contributed by atoms with van der Waals surface area (Å²) in [7, 11) is 0. The molecule has 0 spiro atoms. The molecular weight excluding hydrogens is 296 g/mol. The molecule has 2 amide bonds. The predicted molar refractivity (Wildman–Crippen MR) is 94.0 cm³/mol. The van der Waals surface area contributed by atoms with Gasteiger partial charge in [-0.05, 0) is 53.8 Å². The highest BCUT2D eigenvalue weighted by atomic mass is 35.5. The first-order chi connectivity index (χ1) is 10.3. The van der Waals surface area contributed by atoms with Crippen LogP contribution in [0.25, 0.3) is 0 Å². The van der Waals surface area contributed by atoms with E-state index in [1.165, 1.54) is 5.56 Å². The van der Waals surface area contributed by atoms with E-state index in [2.05, 4.69) is 31.4 Å². The monoisotopic (exact) mass is 316 g/mol. The van der Waals surface area contributed by atoms with Crippen LogP contribution < -0.4 is 10.6 Å². The van der Waals surface area contributed by atoms with Gasteiger partial charge in [-0.25, -0.2) is 4.79 Å². The van der Waals surface area contributed by atoms with Crippen molar-refractivity contribution in [3.63, 3.8) is 0 Å². The molecule has 2 rings (SSSR count). The Morgan fingerprint density at radius 1 is 0.955 bits per heavy atom. The molecule has 0 radical (unpaired) electrons. The summed E-state index contributed by atoms with van der Waals surface area (Å²) in [5.41, 5.74) is 3.73. The molecule has 22 heavy (non-hydrogen) atoms. The lowest BCUT2D eigenvalue weighted by molar-refractivity contribution is 0.262. The van der Waals surface area contributed by atoms with Crippen molar-refractivity contribution in [3.8, 4) is 0 Å². The van der Waals surface area contributed by atoms with Crippen LogP contribution in [0.2, 0.25) is 5.02 Å². The summed E-state index contributed by atoms with van der Waals surface area (Å²) in [6.45, 7) is 8.37. The minimum Gasteiger partial charge on any atom is -0.308 e. The zero-order valence-electron chi connectivity index (χ0n) is 13.3. The first-order valence-electron chi connectivity index (χ1n) is 7.20. The molecule has 0 atom stereocenters. The van der Waals surface area contributed by atoms with Crippen LogP contribution in [0.3, 0.4) is 0 Å². The van der Waals surface area contributed by atoms with Crippen LogP contribution in [0, 0.1) is 6.92 Å². The largest absolute Gasteiger partial charge is 0.323 e. The van der Waals surface area contributed by atoms with Crippen LogP contribution >= 0.6 is 11.6 Å². The highest BCUT2D eigenvalue weighted by Gasteiger charge is 2.13. The van der Waals surface area contributed by atoms with Gasteiger partial charge in [-0.2, -0.15) is 0 Å². The molecule has 0 aromatic heterocycles. The summed E-state index contributed by atoms with van der Waals surface area (Å²) in [5, 5.41) is 6.30. The summed E-state index contributed by atoms with van der Waals surface area (Å²) < 4.78 is 0. The summed E-state index contributed by atoms with van der Waals surface area (Å²) in [6.07, 6.45) is 0. The highest BCUT2D eigenvalue weighted by Crippen LogP contribution is 2.24. The van der Waals surface area contributed by atoms with Crippen molar-refractivity contribution in [2.24, 2.45) is 0 Å². The Morgan fingerprint density at radius 2 is 1.50 bits per heavy atom. The van der Waals surface area contributed by atoms with Crippen molar-refractivity contribution in [2.75, 3.05) is 10.6 Å². The van der Waals surface area contributed by atoms with Gasteiger partial charge in [-0.3, -0.25) is 0 Å². The number of anilines is 2. The van der Waals surface area contributed by atoms with Crippen LogP contribution in [0.1, 0.15) is 31.9 Å². The first-order valence-corrected chi connectivity index (χ1v) is 7.58. The van der Waals surface area contributed by atoms with E-state index in [-0.39, 0.29) is 11.4 Å². The van der Waals surface area contributed by atoms with Gasteiger partial charge in [0.25, 0.3) is 0 Å². The maximum atomic E-state index is 12.0. The molecule has 3 nitrogen and oxygen atoms in total. The Balaban J connectivity index is 2.01. The van der Waals surface area contributed by atoms with Crippen molar-refractivity contribution in [1.29, 1.82) is 0 Å². The lowest BCUT2D eigenvalue weighted by Gasteiger charge is -2.19. The Morgan fingerprint density at radius 3 is 2.05 bits per heavy atom. The van der Waals surface area contributed by atoms with Gasteiger partial charge in [-0.15, -0.1) is 0 Å². The third-order valence-electron chi connectivity index (χ3n) is 3.42. The lowest BCUT2D eigenvalue weighted by Crippen LogP contribution is -2.19. The van der Waals surface area contributed by atoms with Crippen molar-refractivity contribution in [1.82, 2.24) is 0 Å². The topological polar surface area (TPSA) is 41.1 Å². The first kappa shape index (κ1) is 16.4. The molecule has 0 bridgehead atoms. The molecule has 2 aromatic carbocycles. The van der Waals surface area contributed by atoms with E-state index in [9.17, 15) is 4.79 Å². The van der Waals surface area contributed by atoms with E-state index in [0.29, 0.717) is 10.7 Å². The smallest absolute Gasteiger partial charge is 0.308 e. The Labute approximate surface area is 136 Å². The van der Waals surface area contributed by atoms with E-state index in [4.69, 9.17) is 11.6 Å². The number of amides is 2. The Hall–Kier alpha value is -2.00. The van der Waals surface area contributed by atoms with Gasteiger partial charge in [0.2, 0.25) is 0 Å². The van der Waals surface area contributed by atoms with Gasteiger partial charge in [0.1, 0.15) is 0 Å². The summed E-state index contributed by atoms with van der Waals surface area (Å²) >= 11 is 5.97. The second-order valence-electron chi connectivity index (χ2n) is 6.37. The molecule has 116 valence electrons. The summed E-state index contributed by atoms with van der Waals surface area (Å²) in [5.74, 6) is 0. The number of hydrogen-bond donors (Lipinski definition) is 2. The molecule has 2 aromatic rings. The van der Waals surface area contributed by atoms with Gasteiger partial charge in [-0.1, -0.05) is 44.5 Å². The van der Waals surface area contributed by atoms with Crippen molar-refractivity contribution >= 4 is 29.0 Å². The quantitative estimate of drug-likeness (QED) is 0.745. The maximum absolute atomic E-state index is 12.0. The van der Waals surface area contributed by atoms with Crippen molar-refractivity contribution < 1.29 is 4.79 Å². The third-order valence-corrected chi connectivity index (χ3v) is 3.85. The minimum absolute atomic E-state index is 0.0988. The van der Waals surface area contributed by atoms with Crippen LogP contribution in [0.15, 0.2) is 42.5 Å². The molecule has 0 heterocycles. The average molecular weight is 317 g/mol. The third kappa shape index (κ3) is 4.25. The Bertz CT molecular complexity index is 672. The summed E-state index contributed by atoms with van der Waals surface area (Å²) in [4.78, 5) is 12.0. The predicted octanol–water partition coefficient (Wildman–Crippen LogP) is 5.59. The number of urea groups is 1. The molecule has 0 fully saturated rings. The molecule has 4 heteroatoms. The van der Waals surface area contributed by atoms with Crippen molar-refractivity contribution in [3.05, 3.63) is 58.6 Å². The van der Waals surface area contributed by atoms with E-state index in [1.807, 2.05) is 37.3 Å². The molecular formula is C18H21ClN2O. The molecule has 0 aliphatic heterocycles. The van der Waals surface area contributed by atoms with E-state index < -0.39 is 0 Å². The van der Waals surface area contributed by atoms with E-state index in [1.54, 1.807) is 12.1 Å². The Kier molecular flexibility index (Phi) is 4.77. The SMILES string of the molecule is Cc1cc(NC(=O)Nc2ccc(C(C)(C)C)cc2)ccc1Cl. The molecule has 0 aliphatic rings. The standard InChI is InChI=1S/C18H21ClN2O/c1-12-11-15(9-10-16(12)19)21-17(22)20-14-7-5-13(6-8-14)18(2,3)4/h5-11H,1-4H3,(H2,20,21,22). The molecule has 0 unspecified atom stereocenters. The minimum atomic E-state index is -0.273.